The summed E-state index contributed by atoms with van der Waals surface area (Å²) in [6, 6.07) is 4.86. The molecule has 1 aliphatic carbocycles. The number of carbonyl (C=O) groups excluding carboxylic acids is 1. The van der Waals surface area contributed by atoms with E-state index in [0.717, 1.165) is 0 Å². The van der Waals surface area contributed by atoms with Crippen LogP contribution in [-0.2, 0) is 11.3 Å². The Morgan fingerprint density at radius 1 is 1.32 bits per heavy atom. The lowest BCUT2D eigenvalue weighted by Gasteiger charge is -2.09. The molecule has 1 aliphatic rings. The van der Waals surface area contributed by atoms with Crippen molar-refractivity contribution in [2.45, 2.75) is 34.2 Å². The molecule has 1 aromatic carbocycles. The van der Waals surface area contributed by atoms with Gasteiger partial charge in [0.05, 0.1) is 0 Å². The van der Waals surface area contributed by atoms with Crippen LogP contribution in [0.25, 0.3) is 0 Å². The predicted molar refractivity (Wildman–Crippen MR) is 75.4 cm³/mol. The Balaban J connectivity index is 2.01. The van der Waals surface area contributed by atoms with Crippen LogP contribution in [0.4, 0.5) is 5.69 Å². The number of aromatic hydroxyl groups is 1. The number of rotatable bonds is 3. The van der Waals surface area contributed by atoms with E-state index in [9.17, 15) is 9.90 Å². The van der Waals surface area contributed by atoms with E-state index in [4.69, 9.17) is 5.73 Å². The third-order valence-electron chi connectivity index (χ3n) is 4.84. The number of nitrogens with two attached hydrogens (primary N) is 1. The smallest absolute Gasteiger partial charge is 0.224 e. The van der Waals surface area contributed by atoms with E-state index in [1.54, 1.807) is 18.2 Å². The molecule has 0 bridgehead atoms. The molecule has 1 aromatic rings. The Labute approximate surface area is 114 Å². The van der Waals surface area contributed by atoms with Crippen molar-refractivity contribution >= 4 is 11.6 Å². The van der Waals surface area contributed by atoms with Crippen LogP contribution in [0.3, 0.4) is 0 Å². The summed E-state index contributed by atoms with van der Waals surface area (Å²) in [4.78, 5) is 12.2. The van der Waals surface area contributed by atoms with Gasteiger partial charge in [0.25, 0.3) is 0 Å². The van der Waals surface area contributed by atoms with Gasteiger partial charge in [-0.15, -0.1) is 0 Å². The number of hydrogen-bond donors (Lipinski definition) is 3. The molecule has 2 rings (SSSR count). The minimum absolute atomic E-state index is 0.0169. The molecule has 19 heavy (non-hydrogen) atoms. The second-order valence-corrected chi connectivity index (χ2v) is 6.48. The first-order valence-electron chi connectivity index (χ1n) is 6.53. The maximum Gasteiger partial charge on any atom is 0.224 e. The van der Waals surface area contributed by atoms with Gasteiger partial charge >= 0.3 is 0 Å². The Kier molecular flexibility index (Phi) is 3.00. The molecule has 4 nitrogen and oxygen atoms in total. The monoisotopic (exact) mass is 262 g/mol. The minimum Gasteiger partial charge on any atom is -0.508 e. The van der Waals surface area contributed by atoms with Gasteiger partial charge in [-0.1, -0.05) is 27.7 Å². The van der Waals surface area contributed by atoms with Gasteiger partial charge in [-0.05, 0) is 29.0 Å². The van der Waals surface area contributed by atoms with Crippen LogP contribution in [0.1, 0.15) is 33.3 Å². The normalized spacial score (nSPS) is 20.0. The van der Waals surface area contributed by atoms with Gasteiger partial charge < -0.3 is 16.2 Å². The summed E-state index contributed by atoms with van der Waals surface area (Å²) in [6.07, 6.45) is 0. The largest absolute Gasteiger partial charge is 0.508 e. The highest BCUT2D eigenvalue weighted by Gasteiger charge is 2.68. The fraction of sp³-hybridized carbons (Fsp3) is 0.533. The van der Waals surface area contributed by atoms with Gasteiger partial charge in [0, 0.05) is 23.7 Å². The van der Waals surface area contributed by atoms with E-state index in [1.165, 1.54) is 0 Å². The van der Waals surface area contributed by atoms with Crippen LogP contribution in [0.15, 0.2) is 18.2 Å². The number of benzene rings is 1. The zero-order valence-electron chi connectivity index (χ0n) is 11.9. The van der Waals surface area contributed by atoms with Crippen molar-refractivity contribution in [1.29, 1.82) is 0 Å². The van der Waals surface area contributed by atoms with E-state index in [1.807, 2.05) is 0 Å². The van der Waals surface area contributed by atoms with Crippen molar-refractivity contribution in [2.24, 2.45) is 16.7 Å². The Morgan fingerprint density at radius 3 is 2.42 bits per heavy atom. The van der Waals surface area contributed by atoms with Crippen molar-refractivity contribution in [3.05, 3.63) is 23.8 Å². The fourth-order valence-electron chi connectivity index (χ4n) is 2.88. The number of amides is 1. The molecule has 0 spiro atoms. The molecule has 4 heteroatoms. The quantitative estimate of drug-likeness (QED) is 0.578. The van der Waals surface area contributed by atoms with Crippen LogP contribution in [0, 0.1) is 16.7 Å². The molecule has 0 radical (unpaired) electrons. The fourth-order valence-corrected chi connectivity index (χ4v) is 2.88. The SMILES string of the molecule is CC1(C)C(C(=O)NCc2cc(N)ccc2O)C1(C)C. The number of carbonyl (C=O) groups is 1. The molecule has 0 saturated heterocycles. The predicted octanol–water partition coefficient (Wildman–Crippen LogP) is 2.27. The molecule has 0 atom stereocenters. The molecule has 1 amide bonds. The van der Waals surface area contributed by atoms with Gasteiger partial charge in [-0.3, -0.25) is 4.79 Å². The van der Waals surface area contributed by atoms with Crippen molar-refractivity contribution in [3.63, 3.8) is 0 Å². The summed E-state index contributed by atoms with van der Waals surface area (Å²) in [5.41, 5.74) is 6.93. The number of anilines is 1. The molecular weight excluding hydrogens is 240 g/mol. The van der Waals surface area contributed by atoms with E-state index >= 15 is 0 Å². The maximum atomic E-state index is 12.2. The number of phenolic OH excluding ortho intramolecular Hbond substituents is 1. The third-order valence-corrected chi connectivity index (χ3v) is 4.84. The van der Waals surface area contributed by atoms with Crippen molar-refractivity contribution in [3.8, 4) is 5.75 Å². The summed E-state index contributed by atoms with van der Waals surface area (Å²) in [5.74, 6) is 0.212. The molecular formula is C15H22N2O2. The van der Waals surface area contributed by atoms with Crippen molar-refractivity contribution in [1.82, 2.24) is 5.32 Å². The molecule has 0 aliphatic heterocycles. The zero-order valence-corrected chi connectivity index (χ0v) is 11.9. The number of phenols is 1. The summed E-state index contributed by atoms with van der Waals surface area (Å²) in [5, 5.41) is 12.6. The first-order chi connectivity index (χ1) is 8.68. The van der Waals surface area contributed by atoms with Crippen LogP contribution in [0.2, 0.25) is 0 Å². The van der Waals surface area contributed by atoms with E-state index in [-0.39, 0.29) is 28.4 Å². The first kappa shape index (κ1) is 13.7. The second-order valence-electron chi connectivity index (χ2n) is 6.48. The zero-order chi connectivity index (χ0) is 14.4. The summed E-state index contributed by atoms with van der Waals surface area (Å²) in [7, 11) is 0. The van der Waals surface area contributed by atoms with Crippen LogP contribution < -0.4 is 11.1 Å². The van der Waals surface area contributed by atoms with Crippen molar-refractivity contribution in [2.75, 3.05) is 5.73 Å². The highest BCUT2D eigenvalue weighted by Crippen LogP contribution is 2.68. The first-order valence-corrected chi connectivity index (χ1v) is 6.53. The van der Waals surface area contributed by atoms with Gasteiger partial charge in [-0.2, -0.15) is 0 Å². The summed E-state index contributed by atoms with van der Waals surface area (Å²) in [6.45, 7) is 8.73. The second kappa shape index (κ2) is 4.15. The molecule has 1 saturated carbocycles. The average Bonchev–Trinajstić information content (AvgIpc) is 2.70. The summed E-state index contributed by atoms with van der Waals surface area (Å²) >= 11 is 0. The molecule has 0 aromatic heterocycles. The summed E-state index contributed by atoms with van der Waals surface area (Å²) < 4.78 is 0. The van der Waals surface area contributed by atoms with Gasteiger partial charge in [0.1, 0.15) is 5.75 Å². The van der Waals surface area contributed by atoms with E-state index < -0.39 is 0 Å². The van der Waals surface area contributed by atoms with Gasteiger partial charge in [0.2, 0.25) is 5.91 Å². The number of nitrogens with one attached hydrogen (secondary N) is 1. The molecule has 0 unspecified atom stereocenters. The maximum absolute atomic E-state index is 12.2. The highest BCUT2D eigenvalue weighted by molar-refractivity contribution is 5.84. The van der Waals surface area contributed by atoms with Crippen molar-refractivity contribution < 1.29 is 9.90 Å². The third kappa shape index (κ3) is 2.15. The average molecular weight is 262 g/mol. The van der Waals surface area contributed by atoms with Crippen LogP contribution >= 0.6 is 0 Å². The number of nitrogen functional groups attached to an aromatic ring is 1. The lowest BCUT2D eigenvalue weighted by molar-refractivity contribution is -0.123. The highest BCUT2D eigenvalue weighted by atomic mass is 16.3. The Hall–Kier alpha value is -1.71. The minimum atomic E-state index is 0.0169. The van der Waals surface area contributed by atoms with Crippen LogP contribution in [0.5, 0.6) is 5.75 Å². The van der Waals surface area contributed by atoms with Crippen LogP contribution in [-0.4, -0.2) is 11.0 Å². The van der Waals surface area contributed by atoms with E-state index in [2.05, 4.69) is 33.0 Å². The molecule has 1 fully saturated rings. The topological polar surface area (TPSA) is 75.4 Å². The lowest BCUT2D eigenvalue weighted by Crippen LogP contribution is -2.27. The standard InChI is InChI=1S/C15H22N2O2/c1-14(2)12(15(14,3)4)13(19)17-8-9-7-10(16)5-6-11(9)18/h5-7,12,18H,8,16H2,1-4H3,(H,17,19). The Morgan fingerprint density at radius 2 is 1.89 bits per heavy atom. The molecule has 4 N–H and O–H groups in total. The molecule has 104 valence electrons. The molecule has 0 heterocycles. The Bertz CT molecular complexity index is 507. The number of hydrogen-bond acceptors (Lipinski definition) is 3. The van der Waals surface area contributed by atoms with Gasteiger partial charge in [0.15, 0.2) is 0 Å². The van der Waals surface area contributed by atoms with Gasteiger partial charge in [-0.25, -0.2) is 0 Å². The van der Waals surface area contributed by atoms with E-state index in [0.29, 0.717) is 17.8 Å². The lowest BCUT2D eigenvalue weighted by atomic mass is 10.0.